The number of carbonyl (C=O) groups excluding carboxylic acids is 1. The number of aromatic amines is 1. The summed E-state index contributed by atoms with van der Waals surface area (Å²) >= 11 is 1.24. The quantitative estimate of drug-likeness (QED) is 0.706. The van der Waals surface area contributed by atoms with Gasteiger partial charge in [0.2, 0.25) is 0 Å². The van der Waals surface area contributed by atoms with E-state index in [4.69, 9.17) is 9.26 Å². The first kappa shape index (κ1) is 17.9. The van der Waals surface area contributed by atoms with Gasteiger partial charge in [0.15, 0.2) is 0 Å². The maximum Gasteiger partial charge on any atom is 0.262 e. The molecule has 0 bridgehead atoms. The van der Waals surface area contributed by atoms with Crippen LogP contribution in [0.2, 0.25) is 0 Å². The summed E-state index contributed by atoms with van der Waals surface area (Å²) < 4.78 is 10.9. The molecule has 27 heavy (non-hydrogen) atoms. The molecule has 0 radical (unpaired) electrons. The van der Waals surface area contributed by atoms with Crippen molar-refractivity contribution in [1.82, 2.24) is 20.4 Å². The number of fused-ring (bicyclic) bond motifs is 1. The van der Waals surface area contributed by atoms with E-state index in [1.807, 2.05) is 13.0 Å². The van der Waals surface area contributed by atoms with E-state index in [9.17, 15) is 9.59 Å². The van der Waals surface area contributed by atoms with E-state index in [1.54, 1.807) is 13.8 Å². The lowest BCUT2D eigenvalue weighted by atomic mass is 9.98. The van der Waals surface area contributed by atoms with Gasteiger partial charge in [-0.2, -0.15) is 0 Å². The topological polar surface area (TPSA) is 110 Å². The molecule has 3 aromatic heterocycles. The number of aromatic nitrogens is 3. The molecule has 1 saturated heterocycles. The molecule has 9 heteroatoms. The van der Waals surface area contributed by atoms with Gasteiger partial charge < -0.3 is 19.6 Å². The third-order valence-corrected chi connectivity index (χ3v) is 5.96. The predicted octanol–water partition coefficient (Wildman–Crippen LogP) is 1.89. The van der Waals surface area contributed by atoms with Crippen molar-refractivity contribution >= 4 is 27.5 Å². The van der Waals surface area contributed by atoms with Crippen molar-refractivity contribution in [1.29, 1.82) is 0 Å². The number of nitrogens with zero attached hydrogens (tertiary/aromatic N) is 2. The number of amides is 1. The summed E-state index contributed by atoms with van der Waals surface area (Å²) in [4.78, 5) is 33.2. The van der Waals surface area contributed by atoms with Crippen molar-refractivity contribution in [3.05, 3.63) is 44.1 Å². The molecule has 0 saturated carbocycles. The minimum Gasteiger partial charge on any atom is -0.379 e. The van der Waals surface area contributed by atoms with Gasteiger partial charge in [-0.1, -0.05) is 5.16 Å². The Morgan fingerprint density at radius 1 is 1.37 bits per heavy atom. The van der Waals surface area contributed by atoms with Crippen LogP contribution in [0.4, 0.5) is 0 Å². The SMILES string of the molecule is Cc1cc(C[C@@H]2COC[C@@H]2NC(=O)c2sc3nc(C)[nH]c(=O)c3c2C)on1. The molecule has 4 rings (SSSR count). The van der Waals surface area contributed by atoms with Gasteiger partial charge in [-0.25, -0.2) is 4.98 Å². The highest BCUT2D eigenvalue weighted by Crippen LogP contribution is 2.28. The number of hydrogen-bond donors (Lipinski definition) is 2. The molecule has 3 aromatic rings. The average molecular weight is 388 g/mol. The zero-order valence-electron chi connectivity index (χ0n) is 15.3. The normalized spacial score (nSPS) is 19.7. The van der Waals surface area contributed by atoms with Crippen molar-refractivity contribution in [3.8, 4) is 0 Å². The minimum absolute atomic E-state index is 0.111. The largest absolute Gasteiger partial charge is 0.379 e. The number of aryl methyl sites for hydroxylation is 3. The third-order valence-electron chi connectivity index (χ3n) is 4.78. The first-order chi connectivity index (χ1) is 12.9. The number of ether oxygens (including phenoxy) is 1. The van der Waals surface area contributed by atoms with Crippen LogP contribution in [-0.4, -0.2) is 40.3 Å². The van der Waals surface area contributed by atoms with Crippen molar-refractivity contribution in [2.24, 2.45) is 5.92 Å². The number of rotatable bonds is 4. The molecule has 1 aliphatic heterocycles. The second kappa shape index (κ2) is 6.90. The van der Waals surface area contributed by atoms with E-state index in [1.165, 1.54) is 11.3 Å². The number of thiophene rings is 1. The van der Waals surface area contributed by atoms with Crippen LogP contribution in [0.3, 0.4) is 0 Å². The van der Waals surface area contributed by atoms with Crippen molar-refractivity contribution in [3.63, 3.8) is 0 Å². The molecule has 4 heterocycles. The number of carbonyl (C=O) groups is 1. The highest BCUT2D eigenvalue weighted by Gasteiger charge is 2.32. The first-order valence-corrected chi connectivity index (χ1v) is 9.55. The van der Waals surface area contributed by atoms with E-state index in [2.05, 4.69) is 20.4 Å². The van der Waals surface area contributed by atoms with Crippen LogP contribution in [0.1, 0.15) is 32.5 Å². The van der Waals surface area contributed by atoms with Crippen LogP contribution >= 0.6 is 11.3 Å². The average Bonchev–Trinajstić information content (AvgIpc) is 3.28. The van der Waals surface area contributed by atoms with Gasteiger partial charge in [0, 0.05) is 18.4 Å². The lowest BCUT2D eigenvalue weighted by Crippen LogP contribution is -2.40. The summed E-state index contributed by atoms with van der Waals surface area (Å²) in [6, 6.07) is 1.77. The standard InChI is InChI=1S/C18H20N4O4S/c1-8-4-12(26-22-8)5-11-6-25-7-13(11)21-17(24)15-9(2)14-16(23)19-10(3)20-18(14)27-15/h4,11,13H,5-7H2,1-3H3,(H,21,24)(H,19,20,23)/t11-,13+/m1/s1. The summed E-state index contributed by atoms with van der Waals surface area (Å²) in [6.45, 7) is 6.38. The summed E-state index contributed by atoms with van der Waals surface area (Å²) in [5.41, 5.74) is 1.27. The van der Waals surface area contributed by atoms with Crippen molar-refractivity contribution in [2.45, 2.75) is 33.2 Å². The number of H-pyrrole nitrogens is 1. The molecule has 142 valence electrons. The zero-order chi connectivity index (χ0) is 19.1. The molecule has 8 nitrogen and oxygen atoms in total. The molecule has 2 atom stereocenters. The second-order valence-corrected chi connectivity index (χ2v) is 7.90. The smallest absolute Gasteiger partial charge is 0.262 e. The Labute approximate surface area is 158 Å². The van der Waals surface area contributed by atoms with Crippen LogP contribution in [0, 0.1) is 26.7 Å². The van der Waals surface area contributed by atoms with E-state index in [0.29, 0.717) is 46.1 Å². The van der Waals surface area contributed by atoms with Crippen molar-refractivity contribution in [2.75, 3.05) is 13.2 Å². The number of hydrogen-bond acceptors (Lipinski definition) is 7. The van der Waals surface area contributed by atoms with Crippen molar-refractivity contribution < 1.29 is 14.1 Å². The van der Waals surface area contributed by atoms with Gasteiger partial charge in [0.1, 0.15) is 16.4 Å². The van der Waals surface area contributed by atoms with E-state index in [-0.39, 0.29) is 23.4 Å². The van der Waals surface area contributed by atoms with Gasteiger partial charge in [0.25, 0.3) is 11.5 Å². The van der Waals surface area contributed by atoms with Crippen LogP contribution in [-0.2, 0) is 11.2 Å². The summed E-state index contributed by atoms with van der Waals surface area (Å²) in [6.07, 6.45) is 0.650. The Balaban J connectivity index is 1.55. The molecular formula is C18H20N4O4S. The van der Waals surface area contributed by atoms with Gasteiger partial charge in [-0.3, -0.25) is 9.59 Å². The van der Waals surface area contributed by atoms with E-state index < -0.39 is 0 Å². The second-order valence-electron chi connectivity index (χ2n) is 6.90. The molecule has 1 aliphatic rings. The molecule has 2 N–H and O–H groups in total. The molecule has 0 unspecified atom stereocenters. The van der Waals surface area contributed by atoms with E-state index in [0.717, 1.165) is 11.5 Å². The van der Waals surface area contributed by atoms with Gasteiger partial charge in [-0.15, -0.1) is 11.3 Å². The van der Waals surface area contributed by atoms with E-state index >= 15 is 0 Å². The Hall–Kier alpha value is -2.52. The maximum absolute atomic E-state index is 12.9. The monoisotopic (exact) mass is 388 g/mol. The Morgan fingerprint density at radius 2 is 2.19 bits per heavy atom. The summed E-state index contributed by atoms with van der Waals surface area (Å²) in [5.74, 6) is 1.22. The van der Waals surface area contributed by atoms with Gasteiger partial charge in [0.05, 0.1) is 35.2 Å². The zero-order valence-corrected chi connectivity index (χ0v) is 16.1. The minimum atomic E-state index is -0.215. The fourth-order valence-corrected chi connectivity index (χ4v) is 4.56. The maximum atomic E-state index is 12.9. The fraction of sp³-hybridized carbons (Fsp3) is 0.444. The molecule has 0 spiro atoms. The summed E-state index contributed by atoms with van der Waals surface area (Å²) in [7, 11) is 0. The van der Waals surface area contributed by atoms with Gasteiger partial charge in [-0.05, 0) is 26.3 Å². The highest BCUT2D eigenvalue weighted by molar-refractivity contribution is 7.20. The number of nitrogens with one attached hydrogen (secondary N) is 2. The Bertz CT molecular complexity index is 1070. The lowest BCUT2D eigenvalue weighted by molar-refractivity contribution is 0.0928. The lowest BCUT2D eigenvalue weighted by Gasteiger charge is -2.17. The molecule has 0 aliphatic carbocycles. The third kappa shape index (κ3) is 3.40. The Morgan fingerprint density at radius 3 is 2.93 bits per heavy atom. The molecule has 1 fully saturated rings. The summed E-state index contributed by atoms with van der Waals surface area (Å²) in [5, 5.41) is 7.43. The van der Waals surface area contributed by atoms with Crippen LogP contribution < -0.4 is 10.9 Å². The fourth-order valence-electron chi connectivity index (χ4n) is 3.43. The van der Waals surface area contributed by atoms with Gasteiger partial charge >= 0.3 is 0 Å². The molecule has 1 amide bonds. The Kier molecular flexibility index (Phi) is 4.56. The van der Waals surface area contributed by atoms with Crippen LogP contribution in [0.15, 0.2) is 15.4 Å². The molecule has 0 aromatic carbocycles. The van der Waals surface area contributed by atoms with Crippen LogP contribution in [0.5, 0.6) is 0 Å². The molecular weight excluding hydrogens is 368 g/mol. The first-order valence-electron chi connectivity index (χ1n) is 8.73. The predicted molar refractivity (Wildman–Crippen MR) is 100 cm³/mol. The van der Waals surface area contributed by atoms with Crippen LogP contribution in [0.25, 0.3) is 10.2 Å². The highest BCUT2D eigenvalue weighted by atomic mass is 32.1.